The Labute approximate surface area is 154 Å². The number of rotatable bonds is 4. The molecule has 2 heterocycles. The summed E-state index contributed by atoms with van der Waals surface area (Å²) in [6.45, 7) is 3.80. The maximum Gasteiger partial charge on any atom is 0.417 e. The number of oxazole rings is 2. The summed E-state index contributed by atoms with van der Waals surface area (Å²) in [5.41, 5.74) is 4.10. The van der Waals surface area contributed by atoms with Crippen molar-refractivity contribution in [2.24, 2.45) is 0 Å². The molecular weight excluding hydrogens is 346 g/mol. The lowest BCUT2D eigenvalue weighted by atomic mass is 10.1. The molecule has 7 nitrogen and oxygen atoms in total. The molecule has 4 rings (SSSR count). The fourth-order valence-electron chi connectivity index (χ4n) is 2.79. The summed E-state index contributed by atoms with van der Waals surface area (Å²) in [4.78, 5) is 30.6. The SMILES string of the molecule is Cc1ccc(-c2nc(CC(=O)Nc3ccc4[nH]c(=O)oc4c3)c(C)o2)cc1. The number of nitrogens with zero attached hydrogens (tertiary/aromatic N) is 1. The molecule has 2 aromatic carbocycles. The van der Waals surface area contributed by atoms with Gasteiger partial charge in [0.05, 0.1) is 17.6 Å². The third kappa shape index (κ3) is 3.52. The van der Waals surface area contributed by atoms with Crippen LogP contribution in [0.2, 0.25) is 0 Å². The van der Waals surface area contributed by atoms with Gasteiger partial charge in [-0.15, -0.1) is 0 Å². The van der Waals surface area contributed by atoms with E-state index in [1.807, 2.05) is 31.2 Å². The number of aromatic nitrogens is 2. The molecule has 0 bridgehead atoms. The smallest absolute Gasteiger partial charge is 0.417 e. The zero-order valence-corrected chi connectivity index (χ0v) is 14.8. The van der Waals surface area contributed by atoms with E-state index in [1.54, 1.807) is 25.1 Å². The first-order valence-electron chi connectivity index (χ1n) is 8.44. The van der Waals surface area contributed by atoms with Crippen molar-refractivity contribution in [3.05, 3.63) is 70.0 Å². The van der Waals surface area contributed by atoms with Crippen LogP contribution in [-0.4, -0.2) is 15.9 Å². The van der Waals surface area contributed by atoms with Crippen LogP contribution < -0.4 is 11.1 Å². The van der Waals surface area contributed by atoms with E-state index in [1.165, 1.54) is 0 Å². The van der Waals surface area contributed by atoms with E-state index in [0.29, 0.717) is 34.1 Å². The zero-order valence-electron chi connectivity index (χ0n) is 14.8. The Bertz CT molecular complexity index is 1180. The summed E-state index contributed by atoms with van der Waals surface area (Å²) in [6.07, 6.45) is 0.0797. The van der Waals surface area contributed by atoms with Gasteiger partial charge in [0.1, 0.15) is 5.76 Å². The van der Waals surface area contributed by atoms with Gasteiger partial charge in [-0.3, -0.25) is 9.78 Å². The van der Waals surface area contributed by atoms with Crippen molar-refractivity contribution in [1.82, 2.24) is 9.97 Å². The van der Waals surface area contributed by atoms with Gasteiger partial charge < -0.3 is 14.2 Å². The van der Waals surface area contributed by atoms with E-state index in [4.69, 9.17) is 8.83 Å². The molecule has 0 radical (unpaired) electrons. The lowest BCUT2D eigenvalue weighted by molar-refractivity contribution is -0.115. The van der Waals surface area contributed by atoms with Crippen molar-refractivity contribution in [2.75, 3.05) is 5.32 Å². The molecule has 4 aromatic rings. The molecular formula is C20H17N3O4. The summed E-state index contributed by atoms with van der Waals surface area (Å²) >= 11 is 0. The molecule has 0 saturated carbocycles. The minimum atomic E-state index is -0.532. The molecule has 27 heavy (non-hydrogen) atoms. The lowest BCUT2D eigenvalue weighted by Gasteiger charge is -2.03. The first-order valence-corrected chi connectivity index (χ1v) is 8.44. The average Bonchev–Trinajstić information content (AvgIpc) is 3.17. The monoisotopic (exact) mass is 363 g/mol. The Balaban J connectivity index is 1.50. The molecule has 0 unspecified atom stereocenters. The number of amides is 1. The number of benzene rings is 2. The minimum absolute atomic E-state index is 0.0797. The van der Waals surface area contributed by atoms with Crippen molar-refractivity contribution >= 4 is 22.7 Å². The van der Waals surface area contributed by atoms with Crippen LogP contribution in [0.4, 0.5) is 5.69 Å². The van der Waals surface area contributed by atoms with Crippen LogP contribution in [0.25, 0.3) is 22.6 Å². The first-order chi connectivity index (χ1) is 13.0. The molecule has 7 heteroatoms. The third-order valence-corrected chi connectivity index (χ3v) is 4.22. The molecule has 0 spiro atoms. The maximum atomic E-state index is 12.4. The maximum absolute atomic E-state index is 12.4. The van der Waals surface area contributed by atoms with Crippen LogP contribution in [-0.2, 0) is 11.2 Å². The number of carbonyl (C=O) groups excluding carboxylic acids is 1. The molecule has 136 valence electrons. The minimum Gasteiger partial charge on any atom is -0.441 e. The van der Waals surface area contributed by atoms with Crippen molar-refractivity contribution in [3.63, 3.8) is 0 Å². The van der Waals surface area contributed by atoms with Crippen LogP contribution in [0, 0.1) is 13.8 Å². The molecule has 0 fully saturated rings. The summed E-state index contributed by atoms with van der Waals surface area (Å²) in [7, 11) is 0. The molecule has 0 aliphatic heterocycles. The molecule has 0 aliphatic rings. The largest absolute Gasteiger partial charge is 0.441 e. The molecule has 2 N–H and O–H groups in total. The van der Waals surface area contributed by atoms with Gasteiger partial charge in [-0.2, -0.15) is 0 Å². The van der Waals surface area contributed by atoms with Gasteiger partial charge in [0.2, 0.25) is 11.8 Å². The van der Waals surface area contributed by atoms with Crippen molar-refractivity contribution in [1.29, 1.82) is 0 Å². The Morgan fingerprint density at radius 2 is 1.89 bits per heavy atom. The Morgan fingerprint density at radius 3 is 2.67 bits per heavy atom. The average molecular weight is 363 g/mol. The number of aromatic amines is 1. The van der Waals surface area contributed by atoms with Gasteiger partial charge in [-0.05, 0) is 38.1 Å². The van der Waals surface area contributed by atoms with E-state index in [2.05, 4.69) is 15.3 Å². The van der Waals surface area contributed by atoms with Crippen LogP contribution >= 0.6 is 0 Å². The zero-order chi connectivity index (χ0) is 19.0. The third-order valence-electron chi connectivity index (χ3n) is 4.22. The quantitative estimate of drug-likeness (QED) is 0.577. The van der Waals surface area contributed by atoms with Gasteiger partial charge in [0.25, 0.3) is 0 Å². The van der Waals surface area contributed by atoms with Gasteiger partial charge in [-0.1, -0.05) is 17.7 Å². The Kier molecular flexibility index (Phi) is 4.12. The summed E-state index contributed by atoms with van der Waals surface area (Å²) in [5, 5.41) is 2.78. The number of carbonyl (C=O) groups is 1. The van der Waals surface area contributed by atoms with Gasteiger partial charge in [-0.25, -0.2) is 9.78 Å². The Morgan fingerprint density at radius 1 is 1.11 bits per heavy atom. The predicted molar refractivity (Wildman–Crippen MR) is 101 cm³/mol. The predicted octanol–water partition coefficient (Wildman–Crippen LogP) is 3.57. The second-order valence-corrected chi connectivity index (χ2v) is 6.34. The Hall–Kier alpha value is -3.61. The molecule has 0 aliphatic carbocycles. The fraction of sp³-hybridized carbons (Fsp3) is 0.150. The summed E-state index contributed by atoms with van der Waals surface area (Å²) in [5.74, 6) is 0.327. The number of H-pyrrole nitrogens is 1. The van der Waals surface area contributed by atoms with Crippen molar-refractivity contribution in [2.45, 2.75) is 20.3 Å². The normalized spacial score (nSPS) is 11.0. The number of hydrogen-bond acceptors (Lipinski definition) is 5. The van der Waals surface area contributed by atoms with E-state index < -0.39 is 5.76 Å². The van der Waals surface area contributed by atoms with Crippen molar-refractivity contribution in [3.8, 4) is 11.5 Å². The first kappa shape index (κ1) is 16.8. The molecule has 0 saturated heterocycles. The van der Waals surface area contributed by atoms with Gasteiger partial charge in [0, 0.05) is 17.3 Å². The lowest BCUT2D eigenvalue weighted by Crippen LogP contribution is -2.15. The van der Waals surface area contributed by atoms with Gasteiger partial charge >= 0.3 is 5.76 Å². The van der Waals surface area contributed by atoms with Crippen LogP contribution in [0.1, 0.15) is 17.0 Å². The van der Waals surface area contributed by atoms with Crippen LogP contribution in [0.15, 0.2) is 56.1 Å². The summed E-state index contributed by atoms with van der Waals surface area (Å²) < 4.78 is 10.7. The fourth-order valence-corrected chi connectivity index (χ4v) is 2.79. The molecule has 0 atom stereocenters. The van der Waals surface area contributed by atoms with Gasteiger partial charge in [0.15, 0.2) is 5.58 Å². The van der Waals surface area contributed by atoms with Crippen LogP contribution in [0.3, 0.4) is 0 Å². The van der Waals surface area contributed by atoms with E-state index in [-0.39, 0.29) is 12.3 Å². The topological polar surface area (TPSA) is 101 Å². The number of fused-ring (bicyclic) bond motifs is 1. The van der Waals surface area contributed by atoms with E-state index >= 15 is 0 Å². The van der Waals surface area contributed by atoms with E-state index in [9.17, 15) is 9.59 Å². The second-order valence-electron chi connectivity index (χ2n) is 6.34. The number of nitrogens with one attached hydrogen (secondary N) is 2. The highest BCUT2D eigenvalue weighted by Gasteiger charge is 2.15. The molecule has 2 aromatic heterocycles. The highest BCUT2D eigenvalue weighted by Crippen LogP contribution is 2.23. The summed E-state index contributed by atoms with van der Waals surface area (Å²) in [6, 6.07) is 12.8. The van der Waals surface area contributed by atoms with Crippen molar-refractivity contribution < 1.29 is 13.6 Å². The van der Waals surface area contributed by atoms with Crippen LogP contribution in [0.5, 0.6) is 0 Å². The number of hydrogen-bond donors (Lipinski definition) is 2. The number of aryl methyl sites for hydroxylation is 2. The highest BCUT2D eigenvalue weighted by molar-refractivity contribution is 5.93. The van der Waals surface area contributed by atoms with E-state index in [0.717, 1.165) is 11.1 Å². The number of anilines is 1. The molecule has 1 amide bonds. The highest BCUT2D eigenvalue weighted by atomic mass is 16.4. The standard InChI is InChI=1S/C20H17N3O4/c1-11-3-5-13(6-4-11)19-22-16(12(2)26-19)10-18(24)21-14-7-8-15-17(9-14)27-20(25)23-15/h3-9H,10H2,1-2H3,(H,21,24)(H,23,25). The second kappa shape index (κ2) is 6.60.